The summed E-state index contributed by atoms with van der Waals surface area (Å²) in [4.78, 5) is 20.7. The van der Waals surface area contributed by atoms with E-state index < -0.39 is 5.91 Å². The quantitative estimate of drug-likeness (QED) is 0.627. The van der Waals surface area contributed by atoms with Gasteiger partial charge in [0.25, 0.3) is 5.91 Å². The van der Waals surface area contributed by atoms with E-state index in [1.165, 1.54) is 45.9 Å². The Kier molecular flexibility index (Phi) is 6.08. The third-order valence-corrected chi connectivity index (χ3v) is 3.94. The van der Waals surface area contributed by atoms with E-state index in [2.05, 4.69) is 20.6 Å². The van der Waals surface area contributed by atoms with Gasteiger partial charge in [-0.25, -0.2) is 14.4 Å². The van der Waals surface area contributed by atoms with Crippen LogP contribution in [0, 0.1) is 5.82 Å². The van der Waals surface area contributed by atoms with Crippen LogP contribution in [0.2, 0.25) is 0 Å². The first-order valence-corrected chi connectivity index (χ1v) is 8.50. The molecular weight excluding hydrogens is 379 g/mol. The highest BCUT2D eigenvalue weighted by molar-refractivity contribution is 6.04. The summed E-state index contributed by atoms with van der Waals surface area (Å²) in [7, 11) is 4.48. The van der Waals surface area contributed by atoms with E-state index in [-0.39, 0.29) is 17.3 Å². The second kappa shape index (κ2) is 8.87. The van der Waals surface area contributed by atoms with E-state index in [4.69, 9.17) is 14.2 Å². The molecule has 2 aromatic carbocycles. The fourth-order valence-electron chi connectivity index (χ4n) is 2.53. The van der Waals surface area contributed by atoms with Gasteiger partial charge in [-0.05, 0) is 24.3 Å². The minimum atomic E-state index is -0.410. The molecule has 0 atom stereocenters. The summed E-state index contributed by atoms with van der Waals surface area (Å²) in [6, 6.07) is 8.99. The number of benzene rings is 2. The maximum atomic E-state index is 13.0. The predicted molar refractivity (Wildman–Crippen MR) is 106 cm³/mol. The average Bonchev–Trinajstić information content (AvgIpc) is 2.75. The standard InChI is InChI=1S/C20H19FN4O4/c1-27-16-8-15(9-17(28-2)18(16)29-3)24-19(26)12-10-22-20(23-11-12)25-14-6-4-13(21)5-7-14/h4-11H,1-3H3,(H,24,26)(H,22,23,25). The topological polar surface area (TPSA) is 94.6 Å². The van der Waals surface area contributed by atoms with Gasteiger partial charge in [0.05, 0.1) is 26.9 Å². The van der Waals surface area contributed by atoms with E-state index >= 15 is 0 Å². The van der Waals surface area contributed by atoms with E-state index in [1.54, 1.807) is 24.3 Å². The number of hydrogen-bond acceptors (Lipinski definition) is 7. The molecule has 150 valence electrons. The van der Waals surface area contributed by atoms with Crippen molar-refractivity contribution in [1.82, 2.24) is 9.97 Å². The van der Waals surface area contributed by atoms with Crippen LogP contribution in [0.5, 0.6) is 17.2 Å². The minimum absolute atomic E-state index is 0.253. The molecule has 0 aliphatic heterocycles. The van der Waals surface area contributed by atoms with Crippen LogP contribution in [0.25, 0.3) is 0 Å². The summed E-state index contributed by atoms with van der Waals surface area (Å²) in [5, 5.41) is 5.66. The molecule has 0 bridgehead atoms. The maximum absolute atomic E-state index is 13.0. The third kappa shape index (κ3) is 4.70. The molecule has 29 heavy (non-hydrogen) atoms. The molecule has 0 aliphatic carbocycles. The average molecular weight is 398 g/mol. The zero-order valence-electron chi connectivity index (χ0n) is 16.0. The SMILES string of the molecule is COc1cc(NC(=O)c2cnc(Nc3ccc(F)cc3)nc2)cc(OC)c1OC. The van der Waals surface area contributed by atoms with E-state index in [9.17, 15) is 9.18 Å². The zero-order valence-corrected chi connectivity index (χ0v) is 16.0. The van der Waals surface area contributed by atoms with Gasteiger partial charge in [-0.2, -0.15) is 0 Å². The Morgan fingerprint density at radius 2 is 1.48 bits per heavy atom. The molecule has 3 rings (SSSR count). The molecule has 1 heterocycles. The zero-order chi connectivity index (χ0) is 20.8. The maximum Gasteiger partial charge on any atom is 0.258 e. The fourth-order valence-corrected chi connectivity index (χ4v) is 2.53. The highest BCUT2D eigenvalue weighted by Gasteiger charge is 2.15. The molecule has 0 radical (unpaired) electrons. The monoisotopic (exact) mass is 398 g/mol. The van der Waals surface area contributed by atoms with Gasteiger partial charge in [-0.3, -0.25) is 4.79 Å². The third-order valence-electron chi connectivity index (χ3n) is 3.94. The van der Waals surface area contributed by atoms with Crippen molar-refractivity contribution < 1.29 is 23.4 Å². The summed E-state index contributed by atoms with van der Waals surface area (Å²) in [5.41, 5.74) is 1.34. The van der Waals surface area contributed by atoms with Crippen LogP contribution in [0.4, 0.5) is 21.7 Å². The van der Waals surface area contributed by atoms with Gasteiger partial charge in [0.2, 0.25) is 11.7 Å². The molecule has 0 unspecified atom stereocenters. The Labute approximate surface area is 166 Å². The van der Waals surface area contributed by atoms with Crippen LogP contribution in [0.15, 0.2) is 48.8 Å². The highest BCUT2D eigenvalue weighted by atomic mass is 19.1. The molecule has 2 N–H and O–H groups in total. The number of carbonyl (C=O) groups excluding carboxylic acids is 1. The molecule has 3 aromatic rings. The first-order valence-electron chi connectivity index (χ1n) is 8.50. The normalized spacial score (nSPS) is 10.2. The van der Waals surface area contributed by atoms with Crippen molar-refractivity contribution in [3.63, 3.8) is 0 Å². The predicted octanol–water partition coefficient (Wildman–Crippen LogP) is 3.64. The van der Waals surface area contributed by atoms with Gasteiger partial charge in [-0.15, -0.1) is 0 Å². The first-order chi connectivity index (χ1) is 14.0. The summed E-state index contributed by atoms with van der Waals surface area (Å²) < 4.78 is 28.8. The Balaban J connectivity index is 1.73. The second-order valence-electron chi connectivity index (χ2n) is 5.80. The number of carbonyl (C=O) groups is 1. The van der Waals surface area contributed by atoms with Crippen molar-refractivity contribution in [3.8, 4) is 17.2 Å². The highest BCUT2D eigenvalue weighted by Crippen LogP contribution is 2.40. The van der Waals surface area contributed by atoms with E-state index in [0.717, 1.165) is 0 Å². The number of halogens is 1. The Morgan fingerprint density at radius 1 is 0.897 bits per heavy atom. The van der Waals surface area contributed by atoms with Gasteiger partial charge in [0.15, 0.2) is 11.5 Å². The molecule has 9 heteroatoms. The summed E-state index contributed by atoms with van der Waals surface area (Å²) in [6.45, 7) is 0. The lowest BCUT2D eigenvalue weighted by molar-refractivity contribution is 0.102. The number of nitrogens with one attached hydrogen (secondary N) is 2. The number of nitrogens with zero attached hydrogens (tertiary/aromatic N) is 2. The van der Waals surface area contributed by atoms with E-state index in [0.29, 0.717) is 28.6 Å². The number of methoxy groups -OCH3 is 3. The van der Waals surface area contributed by atoms with Crippen molar-refractivity contribution in [2.24, 2.45) is 0 Å². The van der Waals surface area contributed by atoms with Crippen molar-refractivity contribution in [1.29, 1.82) is 0 Å². The number of rotatable bonds is 7. The van der Waals surface area contributed by atoms with Crippen molar-refractivity contribution in [3.05, 3.63) is 60.2 Å². The van der Waals surface area contributed by atoms with E-state index in [1.807, 2.05) is 0 Å². The molecule has 0 aliphatic rings. The van der Waals surface area contributed by atoms with Gasteiger partial charge >= 0.3 is 0 Å². The van der Waals surface area contributed by atoms with Crippen LogP contribution in [-0.2, 0) is 0 Å². The fraction of sp³-hybridized carbons (Fsp3) is 0.150. The molecule has 1 amide bonds. The smallest absolute Gasteiger partial charge is 0.258 e. The molecular formula is C20H19FN4O4. The lowest BCUT2D eigenvalue weighted by atomic mass is 10.2. The Bertz CT molecular complexity index is 969. The summed E-state index contributed by atoms with van der Waals surface area (Å²) in [6.07, 6.45) is 2.76. The van der Waals surface area contributed by atoms with Crippen LogP contribution in [0.3, 0.4) is 0 Å². The first kappa shape index (κ1) is 19.9. The molecule has 0 saturated carbocycles. The van der Waals surface area contributed by atoms with Gasteiger partial charge in [-0.1, -0.05) is 0 Å². The van der Waals surface area contributed by atoms with Crippen molar-refractivity contribution in [2.75, 3.05) is 32.0 Å². The van der Waals surface area contributed by atoms with Crippen LogP contribution in [0.1, 0.15) is 10.4 Å². The number of amides is 1. The van der Waals surface area contributed by atoms with Crippen LogP contribution < -0.4 is 24.8 Å². The second-order valence-corrected chi connectivity index (χ2v) is 5.80. The van der Waals surface area contributed by atoms with Crippen LogP contribution >= 0.6 is 0 Å². The Hall–Kier alpha value is -3.88. The summed E-state index contributed by atoms with van der Waals surface area (Å²) in [5.74, 6) is 0.783. The molecule has 0 fully saturated rings. The molecule has 1 aromatic heterocycles. The molecule has 0 spiro atoms. The molecule has 8 nitrogen and oxygen atoms in total. The summed E-state index contributed by atoms with van der Waals surface area (Å²) >= 11 is 0. The van der Waals surface area contributed by atoms with Gasteiger partial charge in [0.1, 0.15) is 5.82 Å². The van der Waals surface area contributed by atoms with Crippen molar-refractivity contribution >= 4 is 23.2 Å². The number of aromatic nitrogens is 2. The Morgan fingerprint density at radius 3 is 2.00 bits per heavy atom. The lowest BCUT2D eigenvalue weighted by Crippen LogP contribution is -2.13. The lowest BCUT2D eigenvalue weighted by Gasteiger charge is -2.14. The minimum Gasteiger partial charge on any atom is -0.493 e. The van der Waals surface area contributed by atoms with Crippen molar-refractivity contribution in [2.45, 2.75) is 0 Å². The number of anilines is 3. The van der Waals surface area contributed by atoms with Crippen LogP contribution in [-0.4, -0.2) is 37.2 Å². The number of hydrogen-bond donors (Lipinski definition) is 2. The van der Waals surface area contributed by atoms with Gasteiger partial charge < -0.3 is 24.8 Å². The largest absolute Gasteiger partial charge is 0.493 e. The number of ether oxygens (including phenoxy) is 3. The molecule has 0 saturated heterocycles. The van der Waals surface area contributed by atoms with Gasteiger partial charge in [0, 0.05) is 35.9 Å².